The highest BCUT2D eigenvalue weighted by atomic mass is 79.9. The molecule has 1 aromatic rings. The minimum atomic E-state index is -0.0929. The van der Waals surface area contributed by atoms with E-state index in [0.717, 1.165) is 49.0 Å². The van der Waals surface area contributed by atoms with E-state index in [1.807, 2.05) is 0 Å². The summed E-state index contributed by atoms with van der Waals surface area (Å²) in [4.78, 5) is 23.9. The monoisotopic (exact) mass is 398 g/mol. The van der Waals surface area contributed by atoms with E-state index in [9.17, 15) is 9.59 Å². The quantitative estimate of drug-likeness (QED) is 0.632. The number of carbonyl (C=O) groups is 1. The van der Waals surface area contributed by atoms with Crippen molar-refractivity contribution in [3.05, 3.63) is 27.2 Å². The van der Waals surface area contributed by atoms with Gasteiger partial charge < -0.3 is 10.6 Å². The molecule has 1 heterocycles. The molecule has 2 aliphatic rings. The summed E-state index contributed by atoms with van der Waals surface area (Å²) in [6.07, 6.45) is 9.15. The van der Waals surface area contributed by atoms with E-state index in [1.54, 1.807) is 0 Å². The van der Waals surface area contributed by atoms with E-state index in [2.05, 4.69) is 20.8 Å². The number of nitrogens with one attached hydrogen (secondary N) is 3. The van der Waals surface area contributed by atoms with Crippen LogP contribution in [0.3, 0.4) is 0 Å². The summed E-state index contributed by atoms with van der Waals surface area (Å²) >= 11 is 0. The number of rotatable bonds is 6. The fourth-order valence-electron chi connectivity index (χ4n) is 3.70. The third-order valence-electron chi connectivity index (χ3n) is 4.95. The molecule has 0 aliphatic heterocycles. The fourth-order valence-corrected chi connectivity index (χ4v) is 3.70. The summed E-state index contributed by atoms with van der Waals surface area (Å²) in [5.74, 6) is -0.0226. The van der Waals surface area contributed by atoms with Crippen LogP contribution in [0.4, 0.5) is 0 Å². The Balaban J connectivity index is 0.00000208. The lowest BCUT2D eigenvalue weighted by atomic mass is 9.91. The lowest BCUT2D eigenvalue weighted by Crippen LogP contribution is -2.37. The van der Waals surface area contributed by atoms with Crippen LogP contribution in [0, 0.1) is 0 Å². The Bertz CT molecular complexity index is 611. The number of aromatic nitrogens is 2. The minimum absolute atomic E-state index is 0. The Kier molecular flexibility index (Phi) is 7.42. The predicted octanol–water partition coefficient (Wildman–Crippen LogP) is 1.42. The summed E-state index contributed by atoms with van der Waals surface area (Å²) in [6.45, 7) is 1.45. The first-order valence-corrected chi connectivity index (χ1v) is 8.83. The molecule has 0 atom stereocenters. The van der Waals surface area contributed by atoms with E-state index in [4.69, 9.17) is 0 Å². The number of hydrogen-bond acceptors (Lipinski definition) is 4. The topological polar surface area (TPSA) is 86.9 Å². The van der Waals surface area contributed by atoms with Gasteiger partial charge in [0.15, 0.2) is 0 Å². The summed E-state index contributed by atoms with van der Waals surface area (Å²) in [6, 6.07) is 0.625. The van der Waals surface area contributed by atoms with E-state index < -0.39 is 0 Å². The van der Waals surface area contributed by atoms with Crippen LogP contribution in [0.2, 0.25) is 0 Å². The standard InChI is InChI=1S/C17H26N4O2.BrH/c22-16(19-10-9-18-12-5-1-2-6-12)11-15-13-7-3-4-8-14(13)17(23)21-20-15;/h12,18H,1-11H2,(H,19,22)(H,21,23);1H. The van der Waals surface area contributed by atoms with Crippen molar-refractivity contribution in [3.63, 3.8) is 0 Å². The summed E-state index contributed by atoms with van der Waals surface area (Å²) in [5.41, 5.74) is 2.47. The predicted molar refractivity (Wildman–Crippen MR) is 98.8 cm³/mol. The van der Waals surface area contributed by atoms with Gasteiger partial charge in [-0.25, -0.2) is 5.10 Å². The highest BCUT2D eigenvalue weighted by Crippen LogP contribution is 2.20. The van der Waals surface area contributed by atoms with Crippen molar-refractivity contribution in [2.24, 2.45) is 0 Å². The molecule has 1 saturated carbocycles. The molecule has 0 aromatic carbocycles. The van der Waals surface area contributed by atoms with Crippen LogP contribution in [0.1, 0.15) is 55.3 Å². The van der Waals surface area contributed by atoms with Crippen molar-refractivity contribution in [2.45, 2.75) is 63.8 Å². The van der Waals surface area contributed by atoms with Gasteiger partial charge >= 0.3 is 0 Å². The summed E-state index contributed by atoms with van der Waals surface area (Å²) < 4.78 is 0. The molecular formula is C17H27BrN4O2. The number of carbonyl (C=O) groups excluding carboxylic acids is 1. The molecule has 24 heavy (non-hydrogen) atoms. The molecule has 0 radical (unpaired) electrons. The van der Waals surface area contributed by atoms with Gasteiger partial charge in [0, 0.05) is 24.7 Å². The second-order valence-electron chi connectivity index (χ2n) is 6.63. The highest BCUT2D eigenvalue weighted by molar-refractivity contribution is 8.93. The first-order valence-electron chi connectivity index (χ1n) is 8.83. The Morgan fingerprint density at radius 3 is 2.54 bits per heavy atom. The Hall–Kier alpha value is -1.21. The van der Waals surface area contributed by atoms with Gasteiger partial charge in [-0.3, -0.25) is 9.59 Å². The molecule has 1 aromatic heterocycles. The number of aromatic amines is 1. The van der Waals surface area contributed by atoms with Crippen molar-refractivity contribution >= 4 is 22.9 Å². The van der Waals surface area contributed by atoms with Crippen LogP contribution in [-0.4, -0.2) is 35.2 Å². The number of hydrogen-bond donors (Lipinski definition) is 3. The molecule has 0 bridgehead atoms. The van der Waals surface area contributed by atoms with Crippen LogP contribution in [0.25, 0.3) is 0 Å². The normalized spacial score (nSPS) is 17.2. The average Bonchev–Trinajstić information content (AvgIpc) is 3.08. The summed E-state index contributed by atoms with van der Waals surface area (Å²) in [7, 11) is 0. The van der Waals surface area contributed by atoms with Crippen LogP contribution in [-0.2, 0) is 24.1 Å². The number of fused-ring (bicyclic) bond motifs is 1. The summed E-state index contributed by atoms with van der Waals surface area (Å²) in [5, 5.41) is 13.1. The number of nitrogens with zero attached hydrogens (tertiary/aromatic N) is 1. The van der Waals surface area contributed by atoms with Crippen LogP contribution in [0.15, 0.2) is 4.79 Å². The molecule has 0 spiro atoms. The van der Waals surface area contributed by atoms with Gasteiger partial charge in [-0.15, -0.1) is 17.0 Å². The maximum atomic E-state index is 12.1. The van der Waals surface area contributed by atoms with Gasteiger partial charge in [0.25, 0.3) is 5.56 Å². The van der Waals surface area contributed by atoms with Gasteiger partial charge in [0.1, 0.15) is 0 Å². The van der Waals surface area contributed by atoms with Gasteiger partial charge in [0.2, 0.25) is 5.91 Å². The zero-order chi connectivity index (χ0) is 16.1. The van der Waals surface area contributed by atoms with E-state index in [1.165, 1.54) is 25.7 Å². The van der Waals surface area contributed by atoms with Crippen molar-refractivity contribution in [3.8, 4) is 0 Å². The Morgan fingerprint density at radius 1 is 1.08 bits per heavy atom. The fraction of sp³-hybridized carbons (Fsp3) is 0.706. The second kappa shape index (κ2) is 9.32. The molecule has 0 saturated heterocycles. The number of amides is 1. The Labute approximate surface area is 153 Å². The zero-order valence-electron chi connectivity index (χ0n) is 14.0. The lowest BCUT2D eigenvalue weighted by Gasteiger charge is -2.17. The molecule has 1 amide bonds. The largest absolute Gasteiger partial charge is 0.354 e. The third-order valence-corrected chi connectivity index (χ3v) is 4.95. The molecule has 1 fully saturated rings. The molecule has 0 unspecified atom stereocenters. The average molecular weight is 399 g/mol. The highest BCUT2D eigenvalue weighted by Gasteiger charge is 2.19. The maximum Gasteiger partial charge on any atom is 0.267 e. The zero-order valence-corrected chi connectivity index (χ0v) is 15.7. The van der Waals surface area contributed by atoms with Crippen LogP contribution >= 0.6 is 17.0 Å². The van der Waals surface area contributed by atoms with Gasteiger partial charge in [0.05, 0.1) is 12.1 Å². The van der Waals surface area contributed by atoms with Gasteiger partial charge in [-0.1, -0.05) is 12.8 Å². The Morgan fingerprint density at radius 2 is 1.79 bits per heavy atom. The van der Waals surface area contributed by atoms with Crippen molar-refractivity contribution in [1.82, 2.24) is 20.8 Å². The molecular weight excluding hydrogens is 372 g/mol. The molecule has 6 nitrogen and oxygen atoms in total. The van der Waals surface area contributed by atoms with E-state index in [0.29, 0.717) is 12.6 Å². The van der Waals surface area contributed by atoms with Crippen LogP contribution < -0.4 is 16.2 Å². The van der Waals surface area contributed by atoms with Gasteiger partial charge in [-0.05, 0) is 44.1 Å². The van der Waals surface area contributed by atoms with Crippen LogP contribution in [0.5, 0.6) is 0 Å². The van der Waals surface area contributed by atoms with Crippen molar-refractivity contribution < 1.29 is 4.79 Å². The molecule has 7 heteroatoms. The van der Waals surface area contributed by atoms with E-state index >= 15 is 0 Å². The minimum Gasteiger partial charge on any atom is -0.354 e. The smallest absolute Gasteiger partial charge is 0.267 e. The molecule has 3 rings (SSSR count). The maximum absolute atomic E-state index is 12.1. The number of halogens is 1. The van der Waals surface area contributed by atoms with Gasteiger partial charge in [-0.2, -0.15) is 5.10 Å². The SMILES string of the molecule is Br.O=C(Cc1n[nH]c(=O)c2c1CCCC2)NCCNC1CCCC1. The first kappa shape index (κ1) is 19.1. The van der Waals surface area contributed by atoms with Crippen molar-refractivity contribution in [2.75, 3.05) is 13.1 Å². The number of H-pyrrole nitrogens is 1. The van der Waals surface area contributed by atoms with E-state index in [-0.39, 0.29) is 34.9 Å². The molecule has 134 valence electrons. The van der Waals surface area contributed by atoms with Crippen molar-refractivity contribution in [1.29, 1.82) is 0 Å². The molecule has 2 aliphatic carbocycles. The first-order chi connectivity index (χ1) is 11.2. The third kappa shape index (κ3) is 4.89. The lowest BCUT2D eigenvalue weighted by molar-refractivity contribution is -0.120. The second-order valence-corrected chi connectivity index (χ2v) is 6.63. The molecule has 3 N–H and O–H groups in total.